The van der Waals surface area contributed by atoms with Crippen molar-refractivity contribution in [2.75, 3.05) is 25.1 Å². The van der Waals surface area contributed by atoms with E-state index in [0.29, 0.717) is 5.92 Å². The van der Waals surface area contributed by atoms with Gasteiger partial charge >= 0.3 is 6.09 Å². The van der Waals surface area contributed by atoms with Crippen molar-refractivity contribution in [3.63, 3.8) is 0 Å². The lowest BCUT2D eigenvalue weighted by Gasteiger charge is -2.30. The summed E-state index contributed by atoms with van der Waals surface area (Å²) in [6.45, 7) is 19.9. The van der Waals surface area contributed by atoms with Crippen molar-refractivity contribution in [2.45, 2.75) is 77.4 Å². The number of amides is 1. The first-order valence-electron chi connectivity index (χ1n) is 8.31. The highest BCUT2D eigenvalue weighted by atomic mass is 32.2. The standard InChI is InChI=1S/C18H37NO2S2/c1-16(2,3)21-15(20)19(10)11-14(12-22-17(4,5)6)13-23-18(7,8)9/h14H,11-13H2,1-10H3. The van der Waals surface area contributed by atoms with Crippen LogP contribution in [-0.2, 0) is 4.74 Å². The van der Waals surface area contributed by atoms with Gasteiger partial charge in [-0.2, -0.15) is 23.5 Å². The van der Waals surface area contributed by atoms with Crippen LogP contribution in [0.15, 0.2) is 0 Å². The van der Waals surface area contributed by atoms with E-state index in [4.69, 9.17) is 4.74 Å². The van der Waals surface area contributed by atoms with Crippen LogP contribution in [-0.4, -0.2) is 51.2 Å². The Kier molecular flexibility index (Phi) is 8.88. The molecule has 0 aromatic carbocycles. The quantitative estimate of drug-likeness (QED) is 0.620. The van der Waals surface area contributed by atoms with Crippen LogP contribution in [0.2, 0.25) is 0 Å². The van der Waals surface area contributed by atoms with Gasteiger partial charge in [-0.25, -0.2) is 4.79 Å². The Morgan fingerprint density at radius 3 is 1.61 bits per heavy atom. The number of rotatable bonds is 6. The predicted octanol–water partition coefficient (Wildman–Crippen LogP) is 5.53. The maximum absolute atomic E-state index is 12.2. The molecule has 0 spiro atoms. The fourth-order valence-electron chi connectivity index (χ4n) is 1.69. The molecule has 0 unspecified atom stereocenters. The van der Waals surface area contributed by atoms with E-state index in [0.717, 1.165) is 18.1 Å². The van der Waals surface area contributed by atoms with E-state index in [2.05, 4.69) is 41.5 Å². The molecule has 0 heterocycles. The van der Waals surface area contributed by atoms with Crippen molar-refractivity contribution < 1.29 is 9.53 Å². The molecule has 0 aromatic rings. The summed E-state index contributed by atoms with van der Waals surface area (Å²) in [6, 6.07) is 0. The van der Waals surface area contributed by atoms with Gasteiger partial charge in [0.05, 0.1) is 0 Å². The summed E-state index contributed by atoms with van der Waals surface area (Å²) in [5, 5.41) is 0. The fraction of sp³-hybridized carbons (Fsp3) is 0.944. The summed E-state index contributed by atoms with van der Waals surface area (Å²) in [4.78, 5) is 13.9. The van der Waals surface area contributed by atoms with Crippen LogP contribution in [0, 0.1) is 5.92 Å². The van der Waals surface area contributed by atoms with Gasteiger partial charge in [0.15, 0.2) is 0 Å². The first-order chi connectivity index (χ1) is 10.1. The molecule has 0 radical (unpaired) electrons. The van der Waals surface area contributed by atoms with E-state index in [9.17, 15) is 4.79 Å². The molecule has 0 fully saturated rings. The molecule has 0 aliphatic rings. The summed E-state index contributed by atoms with van der Waals surface area (Å²) in [5.74, 6) is 2.57. The second-order valence-corrected chi connectivity index (χ2v) is 12.8. The summed E-state index contributed by atoms with van der Waals surface area (Å²) in [7, 11) is 1.84. The van der Waals surface area contributed by atoms with Crippen molar-refractivity contribution in [2.24, 2.45) is 5.92 Å². The summed E-state index contributed by atoms with van der Waals surface area (Å²) in [6.07, 6.45) is -0.232. The van der Waals surface area contributed by atoms with Crippen molar-refractivity contribution in [3.8, 4) is 0 Å². The smallest absolute Gasteiger partial charge is 0.410 e. The number of hydrogen-bond donors (Lipinski definition) is 0. The van der Waals surface area contributed by atoms with Gasteiger partial charge in [0.2, 0.25) is 0 Å². The second-order valence-electron chi connectivity index (χ2n) is 9.07. The van der Waals surface area contributed by atoms with Crippen molar-refractivity contribution in [1.82, 2.24) is 4.90 Å². The first-order valence-corrected chi connectivity index (χ1v) is 10.3. The van der Waals surface area contributed by atoms with Crippen molar-refractivity contribution >= 4 is 29.6 Å². The van der Waals surface area contributed by atoms with Crippen LogP contribution in [0.3, 0.4) is 0 Å². The molecule has 3 nitrogen and oxygen atoms in total. The topological polar surface area (TPSA) is 29.5 Å². The molecule has 0 atom stereocenters. The molecule has 0 bridgehead atoms. The SMILES string of the molecule is CN(CC(CSC(C)(C)C)CSC(C)(C)C)C(=O)OC(C)(C)C. The molecular weight excluding hydrogens is 326 g/mol. The van der Waals surface area contributed by atoms with E-state index in [1.807, 2.05) is 51.3 Å². The molecule has 0 aromatic heterocycles. The van der Waals surface area contributed by atoms with Crippen LogP contribution >= 0.6 is 23.5 Å². The van der Waals surface area contributed by atoms with E-state index < -0.39 is 5.60 Å². The second kappa shape index (κ2) is 8.89. The molecule has 138 valence electrons. The highest BCUT2D eigenvalue weighted by Crippen LogP contribution is 2.30. The molecule has 0 saturated heterocycles. The van der Waals surface area contributed by atoms with Crippen LogP contribution in [0.4, 0.5) is 4.79 Å². The number of nitrogens with zero attached hydrogens (tertiary/aromatic N) is 1. The van der Waals surface area contributed by atoms with Crippen LogP contribution < -0.4 is 0 Å². The minimum Gasteiger partial charge on any atom is -0.444 e. The Hall–Kier alpha value is -0.0300. The summed E-state index contributed by atoms with van der Waals surface area (Å²) < 4.78 is 5.95. The van der Waals surface area contributed by atoms with E-state index in [-0.39, 0.29) is 15.6 Å². The number of carbonyl (C=O) groups is 1. The fourth-order valence-corrected chi connectivity index (χ4v) is 3.76. The predicted molar refractivity (Wildman–Crippen MR) is 107 cm³/mol. The lowest BCUT2D eigenvalue weighted by atomic mass is 10.2. The third-order valence-corrected chi connectivity index (χ3v) is 5.75. The largest absolute Gasteiger partial charge is 0.444 e. The van der Waals surface area contributed by atoms with E-state index in [1.165, 1.54) is 0 Å². The number of hydrogen-bond acceptors (Lipinski definition) is 4. The lowest BCUT2D eigenvalue weighted by Crippen LogP contribution is -2.38. The number of thioether (sulfide) groups is 2. The van der Waals surface area contributed by atoms with Crippen molar-refractivity contribution in [1.29, 1.82) is 0 Å². The molecular formula is C18H37NO2S2. The Morgan fingerprint density at radius 2 is 1.30 bits per heavy atom. The molecule has 0 rings (SSSR count). The van der Waals surface area contributed by atoms with Gasteiger partial charge in [-0.15, -0.1) is 0 Å². The van der Waals surface area contributed by atoms with E-state index >= 15 is 0 Å². The Morgan fingerprint density at radius 1 is 0.913 bits per heavy atom. The van der Waals surface area contributed by atoms with Gasteiger partial charge in [0.25, 0.3) is 0 Å². The Bertz CT molecular complexity index is 347. The maximum Gasteiger partial charge on any atom is 0.410 e. The summed E-state index contributed by atoms with van der Waals surface area (Å²) >= 11 is 3.93. The van der Waals surface area contributed by atoms with Gasteiger partial charge in [0, 0.05) is 23.1 Å². The third kappa shape index (κ3) is 14.1. The summed E-state index contributed by atoms with van der Waals surface area (Å²) in [5.41, 5.74) is -0.443. The molecule has 1 amide bonds. The molecule has 0 aliphatic heterocycles. The Balaban J connectivity index is 4.68. The van der Waals surface area contributed by atoms with Crippen LogP contribution in [0.5, 0.6) is 0 Å². The van der Waals surface area contributed by atoms with Crippen LogP contribution in [0.1, 0.15) is 62.3 Å². The minimum absolute atomic E-state index is 0.232. The number of carbonyl (C=O) groups excluding carboxylic acids is 1. The lowest BCUT2D eigenvalue weighted by molar-refractivity contribution is 0.0282. The van der Waals surface area contributed by atoms with Gasteiger partial charge < -0.3 is 9.64 Å². The zero-order valence-corrected chi connectivity index (χ0v) is 18.4. The van der Waals surface area contributed by atoms with E-state index in [1.54, 1.807) is 4.90 Å². The molecule has 0 aliphatic carbocycles. The average molecular weight is 364 g/mol. The first kappa shape index (κ1) is 23.0. The molecule has 0 N–H and O–H groups in total. The zero-order valence-electron chi connectivity index (χ0n) is 16.8. The average Bonchev–Trinajstić information content (AvgIpc) is 2.27. The molecule has 23 heavy (non-hydrogen) atoms. The highest BCUT2D eigenvalue weighted by molar-refractivity contribution is 8.01. The zero-order chi connectivity index (χ0) is 18.5. The van der Waals surface area contributed by atoms with Gasteiger partial charge in [-0.1, -0.05) is 41.5 Å². The normalized spacial score (nSPS) is 13.3. The van der Waals surface area contributed by atoms with Gasteiger partial charge in [-0.3, -0.25) is 0 Å². The van der Waals surface area contributed by atoms with Crippen LogP contribution in [0.25, 0.3) is 0 Å². The maximum atomic E-state index is 12.2. The molecule has 5 heteroatoms. The van der Waals surface area contributed by atoms with Gasteiger partial charge in [0.1, 0.15) is 5.60 Å². The highest BCUT2D eigenvalue weighted by Gasteiger charge is 2.24. The number of ether oxygens (including phenoxy) is 1. The minimum atomic E-state index is -0.443. The molecule has 0 saturated carbocycles. The Labute approximate surface area is 152 Å². The van der Waals surface area contributed by atoms with Gasteiger partial charge in [-0.05, 0) is 38.2 Å². The monoisotopic (exact) mass is 363 g/mol. The van der Waals surface area contributed by atoms with Crippen molar-refractivity contribution in [3.05, 3.63) is 0 Å². The third-order valence-electron chi connectivity index (χ3n) is 2.74.